The summed E-state index contributed by atoms with van der Waals surface area (Å²) in [5.41, 5.74) is 2.67. The highest BCUT2D eigenvalue weighted by atomic mass is 35.5. The first-order valence-corrected chi connectivity index (χ1v) is 9.43. The summed E-state index contributed by atoms with van der Waals surface area (Å²) in [5.74, 6) is 2.52. The van der Waals surface area contributed by atoms with Gasteiger partial charge >= 0.3 is 0 Å². The first-order valence-electron chi connectivity index (χ1n) is 8.17. The monoisotopic (exact) mass is 397 g/mol. The van der Waals surface area contributed by atoms with Crippen LogP contribution in [0.15, 0.2) is 52.4 Å². The minimum Gasteiger partial charge on any atom is -0.454 e. The summed E-state index contributed by atoms with van der Waals surface area (Å²) in [6.45, 7) is 0.257. The molecule has 8 heteroatoms. The molecule has 0 unspecified atom stereocenters. The Morgan fingerprint density at radius 2 is 1.93 bits per heavy atom. The highest BCUT2D eigenvalue weighted by Crippen LogP contribution is 2.36. The molecule has 5 rings (SSSR count). The minimum absolute atomic E-state index is 0.257. The molecule has 2 aromatic heterocycles. The smallest absolute Gasteiger partial charge is 0.233 e. The molecule has 0 saturated heterocycles. The van der Waals surface area contributed by atoms with Gasteiger partial charge in [-0.1, -0.05) is 28.9 Å². The van der Waals surface area contributed by atoms with Crippen LogP contribution >= 0.6 is 22.9 Å². The van der Waals surface area contributed by atoms with E-state index in [4.69, 9.17) is 25.6 Å². The standard InChI is InChI=1S/C19H12ClN3O3S/c20-13-3-1-2-12(6-13)19-22-17(26-23-19)8-18-21-14(9-27-18)11-4-5-15-16(7-11)25-10-24-15/h1-7,9H,8,10H2. The van der Waals surface area contributed by atoms with E-state index in [0.717, 1.165) is 33.3 Å². The first kappa shape index (κ1) is 16.3. The van der Waals surface area contributed by atoms with Crippen LogP contribution in [0.3, 0.4) is 0 Å². The molecule has 0 radical (unpaired) electrons. The van der Waals surface area contributed by atoms with Crippen LogP contribution in [-0.2, 0) is 6.42 Å². The summed E-state index contributed by atoms with van der Waals surface area (Å²) in [7, 11) is 0. The van der Waals surface area contributed by atoms with E-state index in [1.807, 2.05) is 35.7 Å². The molecule has 27 heavy (non-hydrogen) atoms. The van der Waals surface area contributed by atoms with Crippen LogP contribution in [0.5, 0.6) is 11.5 Å². The summed E-state index contributed by atoms with van der Waals surface area (Å²) >= 11 is 7.56. The van der Waals surface area contributed by atoms with Gasteiger partial charge in [0.15, 0.2) is 11.5 Å². The Kier molecular flexibility index (Phi) is 4.03. The first-order chi connectivity index (χ1) is 13.2. The average molecular weight is 398 g/mol. The topological polar surface area (TPSA) is 70.3 Å². The molecule has 0 aliphatic carbocycles. The van der Waals surface area contributed by atoms with Crippen LogP contribution in [0.4, 0.5) is 0 Å². The number of aromatic nitrogens is 3. The third-order valence-corrected chi connectivity index (χ3v) is 5.16. The Balaban J connectivity index is 1.35. The molecule has 0 N–H and O–H groups in total. The second-order valence-electron chi connectivity index (χ2n) is 5.89. The van der Waals surface area contributed by atoms with Crippen molar-refractivity contribution in [1.29, 1.82) is 0 Å². The summed E-state index contributed by atoms with van der Waals surface area (Å²) in [4.78, 5) is 9.11. The summed E-state index contributed by atoms with van der Waals surface area (Å²) in [6.07, 6.45) is 0.475. The SMILES string of the molecule is Clc1cccc(-c2noc(Cc3nc(-c4ccc5c(c4)OCO5)cs3)n2)c1. The van der Waals surface area contributed by atoms with Gasteiger partial charge < -0.3 is 14.0 Å². The maximum Gasteiger partial charge on any atom is 0.233 e. The number of thiazole rings is 1. The van der Waals surface area contributed by atoms with Crippen molar-refractivity contribution in [3.05, 3.63) is 63.8 Å². The van der Waals surface area contributed by atoms with Gasteiger partial charge in [-0.3, -0.25) is 0 Å². The summed E-state index contributed by atoms with van der Waals surface area (Å²) < 4.78 is 16.1. The number of hydrogen-bond acceptors (Lipinski definition) is 7. The van der Waals surface area contributed by atoms with E-state index >= 15 is 0 Å². The van der Waals surface area contributed by atoms with Gasteiger partial charge in [-0.2, -0.15) is 4.98 Å². The Bertz CT molecular complexity index is 1120. The molecule has 0 amide bonds. The minimum atomic E-state index is 0.257. The van der Waals surface area contributed by atoms with Crippen molar-refractivity contribution in [3.8, 4) is 34.1 Å². The molecule has 1 aliphatic rings. The van der Waals surface area contributed by atoms with E-state index in [2.05, 4.69) is 15.1 Å². The van der Waals surface area contributed by atoms with Crippen molar-refractivity contribution in [2.45, 2.75) is 6.42 Å². The second kappa shape index (κ2) is 6.68. The number of rotatable bonds is 4. The van der Waals surface area contributed by atoms with Gasteiger partial charge in [0.2, 0.25) is 18.5 Å². The summed E-state index contributed by atoms with van der Waals surface area (Å²) in [5, 5.41) is 7.55. The zero-order valence-corrected chi connectivity index (χ0v) is 15.5. The van der Waals surface area contributed by atoms with Crippen molar-refractivity contribution in [2.75, 3.05) is 6.79 Å². The molecule has 0 fully saturated rings. The summed E-state index contributed by atoms with van der Waals surface area (Å²) in [6, 6.07) is 13.2. The number of fused-ring (bicyclic) bond motifs is 1. The maximum absolute atomic E-state index is 6.02. The van der Waals surface area contributed by atoms with Crippen LogP contribution in [0.25, 0.3) is 22.6 Å². The molecule has 0 atom stereocenters. The molecule has 134 valence electrons. The normalized spacial score (nSPS) is 12.5. The molecule has 0 spiro atoms. The van der Waals surface area contributed by atoms with Gasteiger partial charge in [0.05, 0.1) is 12.1 Å². The lowest BCUT2D eigenvalue weighted by atomic mass is 10.1. The number of ether oxygens (including phenoxy) is 2. The van der Waals surface area contributed by atoms with Gasteiger partial charge in [-0.25, -0.2) is 4.98 Å². The molecule has 4 aromatic rings. The van der Waals surface area contributed by atoms with Crippen LogP contribution in [0.2, 0.25) is 5.02 Å². The Hall–Kier alpha value is -2.90. The van der Waals surface area contributed by atoms with Gasteiger partial charge in [0, 0.05) is 21.5 Å². The van der Waals surface area contributed by atoms with Crippen molar-refractivity contribution in [3.63, 3.8) is 0 Å². The average Bonchev–Trinajstić information content (AvgIpc) is 3.42. The number of nitrogens with zero attached hydrogens (tertiary/aromatic N) is 3. The number of benzene rings is 2. The van der Waals surface area contributed by atoms with E-state index in [9.17, 15) is 0 Å². The fourth-order valence-corrected chi connectivity index (χ4v) is 3.77. The van der Waals surface area contributed by atoms with E-state index < -0.39 is 0 Å². The highest BCUT2D eigenvalue weighted by molar-refractivity contribution is 7.10. The third kappa shape index (κ3) is 3.27. The van der Waals surface area contributed by atoms with Gasteiger partial charge in [0.25, 0.3) is 0 Å². The van der Waals surface area contributed by atoms with E-state index in [1.54, 1.807) is 23.5 Å². The van der Waals surface area contributed by atoms with Crippen molar-refractivity contribution < 1.29 is 14.0 Å². The lowest BCUT2D eigenvalue weighted by Gasteiger charge is -1.99. The molecule has 2 aromatic carbocycles. The van der Waals surface area contributed by atoms with E-state index in [-0.39, 0.29) is 6.79 Å². The molecule has 0 bridgehead atoms. The van der Waals surface area contributed by atoms with E-state index in [0.29, 0.717) is 23.2 Å². The predicted octanol–water partition coefficient (Wildman–Crippen LogP) is 4.83. The largest absolute Gasteiger partial charge is 0.454 e. The predicted molar refractivity (Wildman–Crippen MR) is 101 cm³/mol. The molecule has 0 saturated carbocycles. The third-order valence-electron chi connectivity index (χ3n) is 4.07. The Morgan fingerprint density at radius 1 is 1.00 bits per heavy atom. The van der Waals surface area contributed by atoms with Gasteiger partial charge in [-0.15, -0.1) is 11.3 Å². The lowest BCUT2D eigenvalue weighted by Crippen LogP contribution is -1.92. The zero-order chi connectivity index (χ0) is 18.2. The molecular formula is C19H12ClN3O3S. The quantitative estimate of drug-likeness (QED) is 0.491. The van der Waals surface area contributed by atoms with E-state index in [1.165, 1.54) is 0 Å². The number of hydrogen-bond donors (Lipinski definition) is 0. The van der Waals surface area contributed by atoms with Crippen LogP contribution < -0.4 is 9.47 Å². The van der Waals surface area contributed by atoms with Crippen LogP contribution in [-0.4, -0.2) is 21.9 Å². The molecule has 3 heterocycles. The second-order valence-corrected chi connectivity index (χ2v) is 7.27. The van der Waals surface area contributed by atoms with Gasteiger partial charge in [-0.05, 0) is 30.3 Å². The molecular weight excluding hydrogens is 386 g/mol. The fraction of sp³-hybridized carbons (Fsp3) is 0.105. The molecule has 1 aliphatic heterocycles. The maximum atomic E-state index is 6.02. The number of halogens is 1. The Morgan fingerprint density at radius 3 is 2.85 bits per heavy atom. The molecule has 6 nitrogen and oxygen atoms in total. The van der Waals surface area contributed by atoms with Crippen molar-refractivity contribution in [2.24, 2.45) is 0 Å². The highest BCUT2D eigenvalue weighted by Gasteiger charge is 2.16. The Labute approximate surface area is 163 Å². The lowest BCUT2D eigenvalue weighted by molar-refractivity contribution is 0.174. The zero-order valence-electron chi connectivity index (χ0n) is 13.9. The fourth-order valence-electron chi connectivity index (χ4n) is 2.78. The van der Waals surface area contributed by atoms with Crippen LogP contribution in [0.1, 0.15) is 10.9 Å². The van der Waals surface area contributed by atoms with Gasteiger partial charge in [0.1, 0.15) is 5.01 Å². The van der Waals surface area contributed by atoms with Crippen molar-refractivity contribution >= 4 is 22.9 Å². The van der Waals surface area contributed by atoms with Crippen molar-refractivity contribution in [1.82, 2.24) is 15.1 Å². The van der Waals surface area contributed by atoms with Crippen LogP contribution in [0, 0.1) is 0 Å².